The summed E-state index contributed by atoms with van der Waals surface area (Å²) in [6, 6.07) is 10.4. The first kappa shape index (κ1) is 14.8. The van der Waals surface area contributed by atoms with E-state index in [-0.39, 0.29) is 10.8 Å². The molecule has 0 aliphatic heterocycles. The maximum absolute atomic E-state index is 6.83. The van der Waals surface area contributed by atoms with E-state index in [2.05, 4.69) is 31.9 Å². The smallest absolute Gasteiger partial charge is 0.0586 e. The predicted octanol–water partition coefficient (Wildman–Crippen LogP) is 5.48. The Kier molecular flexibility index (Phi) is 5.94. The van der Waals surface area contributed by atoms with Gasteiger partial charge in [-0.2, -0.15) is 0 Å². The van der Waals surface area contributed by atoms with E-state index in [1.165, 1.54) is 5.56 Å². The van der Waals surface area contributed by atoms with Crippen molar-refractivity contribution < 1.29 is 0 Å². The number of hydrogen-bond acceptors (Lipinski definition) is 0. The number of rotatable bonds is 8. The Labute approximate surface area is 116 Å². The van der Waals surface area contributed by atoms with Gasteiger partial charge in [0.05, 0.1) is 4.87 Å². The van der Waals surface area contributed by atoms with E-state index in [0.29, 0.717) is 0 Å². The van der Waals surface area contributed by atoms with Crippen LogP contribution in [0.1, 0.15) is 30.7 Å². The molecule has 0 bridgehead atoms. The first-order valence-electron chi connectivity index (χ1n) is 6.24. The second-order valence-electron chi connectivity index (χ2n) is 4.51. The number of benzene rings is 1. The lowest BCUT2D eigenvalue weighted by molar-refractivity contribution is 0.471. The minimum atomic E-state index is -0.362. The van der Waals surface area contributed by atoms with E-state index < -0.39 is 0 Å². The molecule has 0 heterocycles. The number of allylic oxidation sites excluding steroid dienone is 3. The largest absolute Gasteiger partial charge is 0.118 e. The molecule has 1 aromatic rings. The average Bonchev–Trinajstić information content (AvgIpc) is 2.37. The molecule has 0 spiro atoms. The fourth-order valence-electron chi connectivity index (χ4n) is 2.35. The zero-order valence-corrected chi connectivity index (χ0v) is 11.6. The second kappa shape index (κ2) is 7.23. The SMILES string of the molecule is C=CCC(c1ccccc1)C(Cl)(CC=C)CC=C. The van der Waals surface area contributed by atoms with Gasteiger partial charge in [-0.05, 0) is 24.8 Å². The highest BCUT2D eigenvalue weighted by Gasteiger charge is 2.34. The van der Waals surface area contributed by atoms with Crippen molar-refractivity contribution in [2.45, 2.75) is 30.1 Å². The summed E-state index contributed by atoms with van der Waals surface area (Å²) in [4.78, 5) is -0.362. The van der Waals surface area contributed by atoms with Crippen molar-refractivity contribution in [3.05, 3.63) is 73.9 Å². The van der Waals surface area contributed by atoms with Crippen molar-refractivity contribution >= 4 is 11.6 Å². The van der Waals surface area contributed by atoms with Crippen molar-refractivity contribution in [3.8, 4) is 0 Å². The second-order valence-corrected chi connectivity index (χ2v) is 5.26. The Balaban J connectivity index is 3.11. The predicted molar refractivity (Wildman–Crippen MR) is 82.2 cm³/mol. The van der Waals surface area contributed by atoms with Crippen LogP contribution in [0.2, 0.25) is 0 Å². The molecule has 1 rings (SSSR count). The van der Waals surface area contributed by atoms with Crippen molar-refractivity contribution in [1.29, 1.82) is 0 Å². The molecular formula is C17H21Cl. The van der Waals surface area contributed by atoms with Crippen molar-refractivity contribution in [1.82, 2.24) is 0 Å². The lowest BCUT2D eigenvalue weighted by Gasteiger charge is -2.34. The summed E-state index contributed by atoms with van der Waals surface area (Å²) >= 11 is 6.83. The molecule has 1 aromatic carbocycles. The Hall–Kier alpha value is -1.27. The molecule has 0 aromatic heterocycles. The zero-order valence-electron chi connectivity index (χ0n) is 10.8. The van der Waals surface area contributed by atoms with Gasteiger partial charge in [-0.15, -0.1) is 31.3 Å². The molecule has 0 radical (unpaired) electrons. The summed E-state index contributed by atoms with van der Waals surface area (Å²) in [7, 11) is 0. The van der Waals surface area contributed by atoms with Gasteiger partial charge in [0, 0.05) is 5.92 Å². The molecule has 0 aliphatic carbocycles. The van der Waals surface area contributed by atoms with Crippen LogP contribution in [0, 0.1) is 0 Å². The summed E-state index contributed by atoms with van der Waals surface area (Å²) in [5.41, 5.74) is 1.25. The Morgan fingerprint density at radius 3 is 2.00 bits per heavy atom. The van der Waals surface area contributed by atoms with E-state index >= 15 is 0 Å². The lowest BCUT2D eigenvalue weighted by Crippen LogP contribution is -2.29. The molecule has 0 amide bonds. The summed E-state index contributed by atoms with van der Waals surface area (Å²) in [6.07, 6.45) is 8.07. The maximum Gasteiger partial charge on any atom is 0.0586 e. The molecule has 0 saturated heterocycles. The van der Waals surface area contributed by atoms with E-state index in [1.54, 1.807) is 0 Å². The standard InChI is InChI=1S/C17H21Cl/c1-4-10-16(15-11-8-7-9-12-15)17(18,13-5-2)14-6-3/h4-9,11-12,16H,1-3,10,13-14H2. The quantitative estimate of drug-likeness (QED) is 0.429. The van der Waals surface area contributed by atoms with E-state index in [1.807, 2.05) is 36.4 Å². The van der Waals surface area contributed by atoms with Gasteiger partial charge in [0.2, 0.25) is 0 Å². The average molecular weight is 261 g/mol. The van der Waals surface area contributed by atoms with Crippen LogP contribution in [-0.4, -0.2) is 4.87 Å². The van der Waals surface area contributed by atoms with Crippen LogP contribution in [0.25, 0.3) is 0 Å². The van der Waals surface area contributed by atoms with E-state index in [0.717, 1.165) is 19.3 Å². The maximum atomic E-state index is 6.83. The topological polar surface area (TPSA) is 0 Å². The van der Waals surface area contributed by atoms with Gasteiger partial charge in [0.25, 0.3) is 0 Å². The van der Waals surface area contributed by atoms with E-state index in [9.17, 15) is 0 Å². The zero-order chi connectivity index (χ0) is 13.4. The van der Waals surface area contributed by atoms with Crippen LogP contribution in [0.4, 0.5) is 0 Å². The molecule has 0 saturated carbocycles. The van der Waals surface area contributed by atoms with Crippen molar-refractivity contribution in [2.24, 2.45) is 0 Å². The lowest BCUT2D eigenvalue weighted by atomic mass is 9.79. The third kappa shape index (κ3) is 3.61. The molecule has 0 nitrogen and oxygen atoms in total. The normalized spacial score (nSPS) is 12.7. The van der Waals surface area contributed by atoms with Crippen molar-refractivity contribution in [3.63, 3.8) is 0 Å². The van der Waals surface area contributed by atoms with Gasteiger partial charge in [0.1, 0.15) is 0 Å². The van der Waals surface area contributed by atoms with Gasteiger partial charge >= 0.3 is 0 Å². The number of halogens is 1. The van der Waals surface area contributed by atoms with Gasteiger partial charge in [0.15, 0.2) is 0 Å². The van der Waals surface area contributed by atoms with Gasteiger partial charge in [-0.25, -0.2) is 0 Å². The van der Waals surface area contributed by atoms with Gasteiger partial charge in [-0.1, -0.05) is 48.6 Å². The van der Waals surface area contributed by atoms with Crippen molar-refractivity contribution in [2.75, 3.05) is 0 Å². The molecule has 0 fully saturated rings. The minimum absolute atomic E-state index is 0.230. The monoisotopic (exact) mass is 260 g/mol. The Bertz CT molecular complexity index is 381. The molecule has 96 valence electrons. The van der Waals surface area contributed by atoms with Crippen LogP contribution in [0.5, 0.6) is 0 Å². The molecular weight excluding hydrogens is 240 g/mol. The summed E-state index contributed by atoms with van der Waals surface area (Å²) in [5.74, 6) is 0.230. The summed E-state index contributed by atoms with van der Waals surface area (Å²) < 4.78 is 0. The number of alkyl halides is 1. The van der Waals surface area contributed by atoms with Crippen LogP contribution >= 0.6 is 11.6 Å². The van der Waals surface area contributed by atoms with Crippen LogP contribution in [-0.2, 0) is 0 Å². The third-order valence-electron chi connectivity index (χ3n) is 3.20. The summed E-state index contributed by atoms with van der Waals surface area (Å²) in [6.45, 7) is 11.5. The van der Waals surface area contributed by atoms with Gasteiger partial charge in [-0.3, -0.25) is 0 Å². The highest BCUT2D eigenvalue weighted by Crippen LogP contribution is 2.42. The fourth-order valence-corrected chi connectivity index (χ4v) is 2.78. The number of hydrogen-bond donors (Lipinski definition) is 0. The molecule has 1 heteroatoms. The Morgan fingerprint density at radius 2 is 1.56 bits per heavy atom. The van der Waals surface area contributed by atoms with Crippen LogP contribution in [0.15, 0.2) is 68.3 Å². The van der Waals surface area contributed by atoms with E-state index in [4.69, 9.17) is 11.6 Å². The molecule has 1 atom stereocenters. The Morgan fingerprint density at radius 1 is 1.00 bits per heavy atom. The van der Waals surface area contributed by atoms with Crippen LogP contribution < -0.4 is 0 Å². The molecule has 18 heavy (non-hydrogen) atoms. The first-order chi connectivity index (χ1) is 8.68. The highest BCUT2D eigenvalue weighted by atomic mass is 35.5. The molecule has 0 aliphatic rings. The highest BCUT2D eigenvalue weighted by molar-refractivity contribution is 6.24. The summed E-state index contributed by atoms with van der Waals surface area (Å²) in [5, 5.41) is 0. The van der Waals surface area contributed by atoms with Crippen LogP contribution in [0.3, 0.4) is 0 Å². The minimum Gasteiger partial charge on any atom is -0.118 e. The molecule has 0 N–H and O–H groups in total. The first-order valence-corrected chi connectivity index (χ1v) is 6.62. The molecule has 1 unspecified atom stereocenters. The third-order valence-corrected chi connectivity index (χ3v) is 3.77. The van der Waals surface area contributed by atoms with Gasteiger partial charge < -0.3 is 0 Å². The fraction of sp³-hybridized carbons (Fsp3) is 0.294.